The standard InChI is InChI=1S/C37H38N2O6/c1-24(2)17-19-44-31-16-13-28(20-32(31)43-4)34-33(36(41)37(42)39(34)22-26-9-7-18-38-21-26)35(40)27-11-14-30(15-12-27)45-23-29-10-6-5-8-25(29)3/h5-16,18,20-21,24,34,40H,17,19,22-23H2,1-4H3. The molecular weight excluding hydrogens is 568 g/mol. The number of aliphatic hydroxyl groups is 1. The van der Waals surface area contributed by atoms with Gasteiger partial charge in [0.2, 0.25) is 0 Å². The van der Waals surface area contributed by atoms with Crippen LogP contribution in [0.5, 0.6) is 17.2 Å². The zero-order valence-electron chi connectivity index (χ0n) is 26.0. The van der Waals surface area contributed by atoms with Crippen molar-refractivity contribution in [2.45, 2.75) is 46.4 Å². The third kappa shape index (κ3) is 7.17. The Kier molecular flexibility index (Phi) is 9.82. The lowest BCUT2D eigenvalue weighted by atomic mass is 9.94. The van der Waals surface area contributed by atoms with Crippen molar-refractivity contribution in [2.24, 2.45) is 5.92 Å². The van der Waals surface area contributed by atoms with E-state index in [9.17, 15) is 14.7 Å². The first kappa shape index (κ1) is 31.3. The number of hydrogen-bond acceptors (Lipinski definition) is 7. The van der Waals surface area contributed by atoms with Gasteiger partial charge in [-0.2, -0.15) is 0 Å². The number of aryl methyl sites for hydroxylation is 1. The summed E-state index contributed by atoms with van der Waals surface area (Å²) in [6.07, 6.45) is 4.18. The van der Waals surface area contributed by atoms with E-state index in [4.69, 9.17) is 14.2 Å². The summed E-state index contributed by atoms with van der Waals surface area (Å²) in [5, 5.41) is 11.6. The number of carbonyl (C=O) groups is 2. The number of hydrogen-bond donors (Lipinski definition) is 1. The van der Waals surface area contributed by atoms with Crippen LogP contribution in [-0.2, 0) is 22.7 Å². The van der Waals surface area contributed by atoms with Gasteiger partial charge in [-0.3, -0.25) is 14.6 Å². The van der Waals surface area contributed by atoms with Gasteiger partial charge in [0.1, 0.15) is 18.1 Å². The number of aliphatic hydroxyl groups excluding tert-OH is 1. The van der Waals surface area contributed by atoms with Gasteiger partial charge < -0.3 is 24.2 Å². The summed E-state index contributed by atoms with van der Waals surface area (Å²) in [6.45, 7) is 7.33. The molecule has 1 fully saturated rings. The van der Waals surface area contributed by atoms with Crippen LogP contribution in [0.4, 0.5) is 0 Å². The van der Waals surface area contributed by atoms with Crippen LogP contribution in [-0.4, -0.2) is 40.4 Å². The first-order chi connectivity index (χ1) is 21.8. The highest BCUT2D eigenvalue weighted by Crippen LogP contribution is 2.43. The van der Waals surface area contributed by atoms with E-state index in [1.807, 2.05) is 37.3 Å². The number of methoxy groups -OCH3 is 1. The summed E-state index contributed by atoms with van der Waals surface area (Å²) in [4.78, 5) is 32.7. The molecule has 0 bridgehead atoms. The number of pyridine rings is 1. The number of ketones is 1. The zero-order chi connectivity index (χ0) is 31.9. The third-order valence-electron chi connectivity index (χ3n) is 7.86. The fourth-order valence-corrected chi connectivity index (χ4v) is 5.25. The average molecular weight is 607 g/mol. The number of carbonyl (C=O) groups excluding carboxylic acids is 2. The van der Waals surface area contributed by atoms with Crippen molar-refractivity contribution in [3.8, 4) is 17.2 Å². The molecule has 1 unspecified atom stereocenters. The smallest absolute Gasteiger partial charge is 0.295 e. The van der Waals surface area contributed by atoms with Crippen molar-refractivity contribution in [3.63, 3.8) is 0 Å². The molecule has 45 heavy (non-hydrogen) atoms. The van der Waals surface area contributed by atoms with Crippen molar-refractivity contribution in [1.29, 1.82) is 0 Å². The summed E-state index contributed by atoms with van der Waals surface area (Å²) in [5.74, 6) is 0.383. The lowest BCUT2D eigenvalue weighted by molar-refractivity contribution is -0.140. The number of amides is 1. The minimum Gasteiger partial charge on any atom is -0.507 e. The van der Waals surface area contributed by atoms with Crippen LogP contribution in [0, 0.1) is 12.8 Å². The van der Waals surface area contributed by atoms with E-state index < -0.39 is 17.7 Å². The average Bonchev–Trinajstić information content (AvgIpc) is 3.29. The maximum atomic E-state index is 13.6. The van der Waals surface area contributed by atoms with Crippen molar-refractivity contribution < 1.29 is 28.9 Å². The van der Waals surface area contributed by atoms with Gasteiger partial charge in [-0.05, 0) is 84.0 Å². The predicted octanol–water partition coefficient (Wildman–Crippen LogP) is 7.02. The van der Waals surface area contributed by atoms with E-state index in [0.29, 0.717) is 47.5 Å². The Bertz CT molecular complexity index is 1680. The van der Waals surface area contributed by atoms with E-state index in [0.717, 1.165) is 23.1 Å². The monoisotopic (exact) mass is 606 g/mol. The molecule has 1 saturated heterocycles. The molecular formula is C37H38N2O6. The Morgan fingerprint density at radius 2 is 1.73 bits per heavy atom. The van der Waals surface area contributed by atoms with Crippen molar-refractivity contribution >= 4 is 17.4 Å². The highest BCUT2D eigenvalue weighted by Gasteiger charge is 2.46. The Labute approximate surface area is 263 Å². The zero-order valence-corrected chi connectivity index (χ0v) is 26.0. The van der Waals surface area contributed by atoms with Crippen LogP contribution in [0.2, 0.25) is 0 Å². The fourth-order valence-electron chi connectivity index (χ4n) is 5.25. The Morgan fingerprint density at radius 3 is 2.42 bits per heavy atom. The van der Waals surface area contributed by atoms with E-state index in [-0.39, 0.29) is 17.9 Å². The van der Waals surface area contributed by atoms with Gasteiger partial charge in [0.25, 0.3) is 11.7 Å². The van der Waals surface area contributed by atoms with Gasteiger partial charge in [0, 0.05) is 24.5 Å². The summed E-state index contributed by atoms with van der Waals surface area (Å²) in [7, 11) is 1.55. The van der Waals surface area contributed by atoms with Gasteiger partial charge in [-0.25, -0.2) is 0 Å². The van der Waals surface area contributed by atoms with Crippen LogP contribution in [0.15, 0.2) is 96.8 Å². The molecule has 232 valence electrons. The number of benzene rings is 3. The second kappa shape index (κ2) is 14.1. The summed E-state index contributed by atoms with van der Waals surface area (Å²) in [5.41, 5.74) is 3.95. The summed E-state index contributed by atoms with van der Waals surface area (Å²) in [6, 6.07) is 22.9. The highest BCUT2D eigenvalue weighted by molar-refractivity contribution is 6.46. The van der Waals surface area contributed by atoms with Gasteiger partial charge in [-0.1, -0.05) is 50.2 Å². The summed E-state index contributed by atoms with van der Waals surface area (Å²) >= 11 is 0. The predicted molar refractivity (Wildman–Crippen MR) is 172 cm³/mol. The molecule has 0 spiro atoms. The molecule has 1 N–H and O–H groups in total. The molecule has 3 aromatic carbocycles. The van der Waals surface area contributed by atoms with Crippen molar-refractivity contribution in [2.75, 3.05) is 13.7 Å². The minimum atomic E-state index is -0.874. The number of Topliss-reactive ketones (excluding diaryl/α,β-unsaturated/α-hetero) is 1. The molecule has 8 heteroatoms. The fraction of sp³-hybridized carbons (Fsp3) is 0.270. The Hall–Kier alpha value is -5.11. The Balaban J connectivity index is 1.49. The SMILES string of the molecule is COc1cc(C2C(=C(O)c3ccc(OCc4ccccc4C)cc3)C(=O)C(=O)N2Cc2cccnc2)ccc1OCCC(C)C. The molecule has 0 aliphatic carbocycles. The summed E-state index contributed by atoms with van der Waals surface area (Å²) < 4.78 is 17.6. The second-order valence-corrected chi connectivity index (χ2v) is 11.5. The number of likely N-dealkylation sites (tertiary alicyclic amines) is 1. The maximum Gasteiger partial charge on any atom is 0.295 e. The van der Waals surface area contributed by atoms with Gasteiger partial charge in [-0.15, -0.1) is 0 Å². The highest BCUT2D eigenvalue weighted by atomic mass is 16.5. The molecule has 1 aromatic heterocycles. The lowest BCUT2D eigenvalue weighted by Crippen LogP contribution is -2.29. The van der Waals surface area contributed by atoms with Crippen LogP contribution in [0.3, 0.4) is 0 Å². The minimum absolute atomic E-state index is 0.00648. The van der Waals surface area contributed by atoms with E-state index in [1.165, 1.54) is 4.90 Å². The lowest BCUT2D eigenvalue weighted by Gasteiger charge is -2.26. The van der Waals surface area contributed by atoms with E-state index in [1.54, 1.807) is 68.0 Å². The molecule has 0 saturated carbocycles. The molecule has 1 amide bonds. The maximum absolute atomic E-state index is 13.6. The Morgan fingerprint density at radius 1 is 0.956 bits per heavy atom. The number of aromatic nitrogens is 1. The molecule has 1 aliphatic heterocycles. The van der Waals surface area contributed by atoms with Crippen LogP contribution >= 0.6 is 0 Å². The molecule has 0 radical (unpaired) electrons. The molecule has 8 nitrogen and oxygen atoms in total. The largest absolute Gasteiger partial charge is 0.507 e. The molecule has 2 heterocycles. The van der Waals surface area contributed by atoms with Crippen LogP contribution in [0.25, 0.3) is 5.76 Å². The number of rotatable bonds is 12. The van der Waals surface area contributed by atoms with E-state index >= 15 is 0 Å². The quantitative estimate of drug-likeness (QED) is 0.105. The van der Waals surface area contributed by atoms with E-state index in [2.05, 4.69) is 18.8 Å². The molecule has 4 aromatic rings. The van der Waals surface area contributed by atoms with Crippen molar-refractivity contribution in [3.05, 3.63) is 125 Å². The van der Waals surface area contributed by atoms with Gasteiger partial charge in [0.05, 0.1) is 25.3 Å². The van der Waals surface area contributed by atoms with Crippen LogP contribution in [0.1, 0.15) is 54.1 Å². The molecule has 5 rings (SSSR count). The normalized spacial score (nSPS) is 15.8. The number of ether oxygens (including phenoxy) is 3. The third-order valence-corrected chi connectivity index (χ3v) is 7.86. The first-order valence-electron chi connectivity index (χ1n) is 15.0. The van der Waals surface area contributed by atoms with Crippen LogP contribution < -0.4 is 14.2 Å². The molecule has 1 atom stereocenters. The molecule has 1 aliphatic rings. The van der Waals surface area contributed by atoms with Gasteiger partial charge >= 0.3 is 0 Å². The van der Waals surface area contributed by atoms with Gasteiger partial charge in [0.15, 0.2) is 11.5 Å². The number of nitrogens with zero attached hydrogens (tertiary/aromatic N) is 2. The first-order valence-corrected chi connectivity index (χ1v) is 15.0. The second-order valence-electron chi connectivity index (χ2n) is 11.5. The topological polar surface area (TPSA) is 98.2 Å². The van der Waals surface area contributed by atoms with Crippen molar-refractivity contribution in [1.82, 2.24) is 9.88 Å².